The van der Waals surface area contributed by atoms with Crippen LogP contribution in [0.25, 0.3) is 0 Å². The van der Waals surface area contributed by atoms with Crippen LogP contribution in [0.1, 0.15) is 40.7 Å². The van der Waals surface area contributed by atoms with E-state index in [2.05, 4.69) is 5.32 Å². The van der Waals surface area contributed by atoms with Gasteiger partial charge in [0.05, 0.1) is 5.92 Å². The molecule has 1 aliphatic heterocycles. The van der Waals surface area contributed by atoms with Crippen LogP contribution in [0.15, 0.2) is 54.6 Å². The van der Waals surface area contributed by atoms with Crippen molar-refractivity contribution >= 4 is 11.8 Å². The molecule has 3 rings (SSSR count). The number of nitrogens with one attached hydrogen (secondary N) is 1. The molecule has 1 saturated heterocycles. The number of hydrogen-bond donors (Lipinski definition) is 1. The Labute approximate surface area is 155 Å². The van der Waals surface area contributed by atoms with E-state index in [1.54, 1.807) is 0 Å². The first kappa shape index (κ1) is 18.2. The lowest BCUT2D eigenvalue weighted by molar-refractivity contribution is -0.124. The number of likely N-dealkylation sites (tertiary alicyclic amines) is 1. The molecule has 1 aliphatic rings. The second kappa shape index (κ2) is 8.17. The van der Waals surface area contributed by atoms with Crippen molar-refractivity contribution in [1.29, 1.82) is 0 Å². The maximum atomic E-state index is 13.0. The number of carbonyl (C=O) groups is 2. The van der Waals surface area contributed by atoms with Crippen LogP contribution in [0.4, 0.5) is 0 Å². The molecule has 4 nitrogen and oxygen atoms in total. The fourth-order valence-electron chi connectivity index (χ4n) is 3.64. The number of rotatable bonds is 5. The van der Waals surface area contributed by atoms with E-state index in [1.807, 2.05) is 73.3 Å². The van der Waals surface area contributed by atoms with Crippen molar-refractivity contribution in [1.82, 2.24) is 10.2 Å². The lowest BCUT2D eigenvalue weighted by Crippen LogP contribution is -2.36. The van der Waals surface area contributed by atoms with Crippen molar-refractivity contribution < 1.29 is 9.59 Å². The first-order valence-corrected chi connectivity index (χ1v) is 9.29. The fraction of sp³-hybridized carbons (Fsp3) is 0.364. The summed E-state index contributed by atoms with van der Waals surface area (Å²) >= 11 is 0. The summed E-state index contributed by atoms with van der Waals surface area (Å²) in [7, 11) is 0. The number of amides is 2. The van der Waals surface area contributed by atoms with E-state index in [-0.39, 0.29) is 23.7 Å². The third-order valence-electron chi connectivity index (χ3n) is 5.10. The fourth-order valence-corrected chi connectivity index (χ4v) is 3.64. The summed E-state index contributed by atoms with van der Waals surface area (Å²) in [6, 6.07) is 17.7. The molecule has 2 atom stereocenters. The molecule has 0 spiro atoms. The highest BCUT2D eigenvalue weighted by Crippen LogP contribution is 2.34. The Kier molecular flexibility index (Phi) is 5.71. The third-order valence-corrected chi connectivity index (χ3v) is 5.10. The minimum absolute atomic E-state index is 0.00910. The van der Waals surface area contributed by atoms with Gasteiger partial charge in [-0.3, -0.25) is 9.59 Å². The summed E-state index contributed by atoms with van der Waals surface area (Å²) in [4.78, 5) is 27.6. The maximum absolute atomic E-state index is 13.0. The molecule has 0 radical (unpaired) electrons. The van der Waals surface area contributed by atoms with Crippen molar-refractivity contribution in [2.24, 2.45) is 5.92 Å². The van der Waals surface area contributed by atoms with Crippen molar-refractivity contribution in [3.63, 3.8) is 0 Å². The molecule has 0 bridgehead atoms. The summed E-state index contributed by atoms with van der Waals surface area (Å²) in [5.41, 5.74) is 2.80. The number of nitrogens with zero attached hydrogens (tertiary/aromatic N) is 1. The zero-order valence-corrected chi connectivity index (χ0v) is 15.4. The molecule has 1 N–H and O–H groups in total. The predicted molar refractivity (Wildman–Crippen MR) is 103 cm³/mol. The number of hydrogen-bond acceptors (Lipinski definition) is 2. The van der Waals surface area contributed by atoms with E-state index in [1.165, 1.54) is 0 Å². The van der Waals surface area contributed by atoms with Gasteiger partial charge >= 0.3 is 0 Å². The highest BCUT2D eigenvalue weighted by molar-refractivity contribution is 5.96. The Morgan fingerprint density at radius 1 is 1.04 bits per heavy atom. The lowest BCUT2D eigenvalue weighted by atomic mass is 9.88. The van der Waals surface area contributed by atoms with Crippen molar-refractivity contribution in [2.75, 3.05) is 19.6 Å². The average molecular weight is 350 g/mol. The van der Waals surface area contributed by atoms with Crippen LogP contribution in [-0.4, -0.2) is 36.3 Å². The van der Waals surface area contributed by atoms with Crippen LogP contribution in [0.2, 0.25) is 0 Å². The first-order valence-electron chi connectivity index (χ1n) is 9.29. The summed E-state index contributed by atoms with van der Waals surface area (Å²) in [5, 5.41) is 3.01. The summed E-state index contributed by atoms with van der Waals surface area (Å²) in [5.74, 6) is -0.131. The molecular weight excluding hydrogens is 324 g/mol. The van der Waals surface area contributed by atoms with E-state index in [0.29, 0.717) is 25.2 Å². The minimum atomic E-state index is -0.211. The van der Waals surface area contributed by atoms with E-state index in [0.717, 1.165) is 17.5 Å². The number of aryl methyl sites for hydroxylation is 1. The summed E-state index contributed by atoms with van der Waals surface area (Å²) in [6.45, 7) is 5.69. The molecule has 26 heavy (non-hydrogen) atoms. The molecule has 1 fully saturated rings. The highest BCUT2D eigenvalue weighted by atomic mass is 16.2. The normalized spacial score (nSPS) is 19.4. The van der Waals surface area contributed by atoms with Crippen molar-refractivity contribution in [3.8, 4) is 0 Å². The van der Waals surface area contributed by atoms with E-state index in [4.69, 9.17) is 0 Å². The maximum Gasteiger partial charge on any atom is 0.254 e. The van der Waals surface area contributed by atoms with Gasteiger partial charge in [-0.25, -0.2) is 0 Å². The Morgan fingerprint density at radius 2 is 1.73 bits per heavy atom. The molecule has 4 heteroatoms. The Morgan fingerprint density at radius 3 is 2.42 bits per heavy atom. The zero-order chi connectivity index (χ0) is 18.5. The average Bonchev–Trinajstić information content (AvgIpc) is 3.12. The van der Waals surface area contributed by atoms with Crippen LogP contribution in [0.3, 0.4) is 0 Å². The Hall–Kier alpha value is -2.62. The predicted octanol–water partition coefficient (Wildman–Crippen LogP) is 3.38. The van der Waals surface area contributed by atoms with Gasteiger partial charge in [0, 0.05) is 31.1 Å². The second-order valence-corrected chi connectivity index (χ2v) is 6.94. The monoisotopic (exact) mass is 350 g/mol. The molecule has 2 amide bonds. The van der Waals surface area contributed by atoms with E-state index >= 15 is 0 Å². The molecule has 2 aromatic rings. The van der Waals surface area contributed by atoms with Crippen molar-refractivity contribution in [2.45, 2.75) is 26.2 Å². The smallest absolute Gasteiger partial charge is 0.254 e. The third kappa shape index (κ3) is 3.79. The Balaban J connectivity index is 1.85. The van der Waals surface area contributed by atoms with Gasteiger partial charge in [-0.2, -0.15) is 0 Å². The first-order chi connectivity index (χ1) is 12.6. The van der Waals surface area contributed by atoms with Crippen LogP contribution in [0.5, 0.6) is 0 Å². The topological polar surface area (TPSA) is 49.4 Å². The van der Waals surface area contributed by atoms with E-state index < -0.39 is 0 Å². The van der Waals surface area contributed by atoms with Gasteiger partial charge in [-0.1, -0.05) is 55.5 Å². The van der Waals surface area contributed by atoms with Gasteiger partial charge in [0.2, 0.25) is 5.91 Å². The number of carbonyl (C=O) groups excluding carboxylic acids is 2. The SMILES string of the molecule is CCCNC(=O)[C@@H]1CN(C(=O)c2ccccc2C)C[C@H]1c1ccccc1. The minimum Gasteiger partial charge on any atom is -0.356 e. The van der Waals surface area contributed by atoms with Gasteiger partial charge in [0.1, 0.15) is 0 Å². The number of benzene rings is 2. The van der Waals surface area contributed by atoms with Crippen LogP contribution >= 0.6 is 0 Å². The largest absolute Gasteiger partial charge is 0.356 e. The van der Waals surface area contributed by atoms with Crippen molar-refractivity contribution in [3.05, 3.63) is 71.3 Å². The standard InChI is InChI=1S/C22H26N2O2/c1-3-13-23-21(25)20-15-24(14-19(20)17-10-5-4-6-11-17)22(26)18-12-8-7-9-16(18)2/h4-12,19-20H,3,13-15H2,1-2H3,(H,23,25)/t19-,20+/m0/s1. The molecule has 2 aromatic carbocycles. The second-order valence-electron chi connectivity index (χ2n) is 6.94. The Bertz CT molecular complexity index is 773. The quantitative estimate of drug-likeness (QED) is 0.899. The molecule has 0 aliphatic carbocycles. The van der Waals surface area contributed by atoms with Crippen LogP contribution in [-0.2, 0) is 4.79 Å². The molecule has 0 saturated carbocycles. The van der Waals surface area contributed by atoms with Gasteiger partial charge < -0.3 is 10.2 Å². The molecule has 0 aromatic heterocycles. The van der Waals surface area contributed by atoms with E-state index in [9.17, 15) is 9.59 Å². The zero-order valence-electron chi connectivity index (χ0n) is 15.4. The molecule has 136 valence electrons. The summed E-state index contributed by atoms with van der Waals surface area (Å²) in [6.07, 6.45) is 0.903. The molecular formula is C22H26N2O2. The van der Waals surface area contributed by atoms with Gasteiger partial charge in [0.25, 0.3) is 5.91 Å². The van der Waals surface area contributed by atoms with Crippen LogP contribution in [0, 0.1) is 12.8 Å². The van der Waals surface area contributed by atoms with Gasteiger partial charge in [-0.05, 0) is 30.5 Å². The highest BCUT2D eigenvalue weighted by Gasteiger charge is 2.40. The van der Waals surface area contributed by atoms with Crippen LogP contribution < -0.4 is 5.32 Å². The van der Waals surface area contributed by atoms with Gasteiger partial charge in [-0.15, -0.1) is 0 Å². The molecule has 1 heterocycles. The lowest BCUT2D eigenvalue weighted by Gasteiger charge is -2.18. The molecule has 0 unspecified atom stereocenters. The van der Waals surface area contributed by atoms with Gasteiger partial charge in [0.15, 0.2) is 0 Å². The summed E-state index contributed by atoms with van der Waals surface area (Å²) < 4.78 is 0.